The lowest BCUT2D eigenvalue weighted by atomic mass is 9.99. The Morgan fingerprint density at radius 1 is 1.16 bits per heavy atom. The van der Waals surface area contributed by atoms with Gasteiger partial charge in [0.2, 0.25) is 0 Å². The molecule has 0 radical (unpaired) electrons. The van der Waals surface area contributed by atoms with Crippen LogP contribution in [0.1, 0.15) is 15.9 Å². The topological polar surface area (TPSA) is 83.1 Å². The smallest absolute Gasteiger partial charge is 0.256 e. The minimum absolute atomic E-state index is 0.0435. The van der Waals surface area contributed by atoms with E-state index < -0.39 is 11.7 Å². The van der Waals surface area contributed by atoms with Crippen molar-refractivity contribution in [1.82, 2.24) is 15.1 Å². The molecule has 6 rings (SSSR count). The van der Waals surface area contributed by atoms with Crippen LogP contribution in [0, 0.1) is 17.6 Å². The Balaban J connectivity index is 1.12. The third-order valence-corrected chi connectivity index (χ3v) is 6.72. The normalized spacial score (nSPS) is 20.4. The molecule has 2 N–H and O–H groups in total. The number of halogens is 2. The molecule has 4 heterocycles. The molecule has 1 atom stereocenters. The minimum Gasteiger partial charge on any atom is -0.491 e. The van der Waals surface area contributed by atoms with Gasteiger partial charge in [-0.05, 0) is 42.5 Å². The van der Waals surface area contributed by atoms with Crippen LogP contribution < -0.4 is 15.4 Å². The maximum atomic E-state index is 14.7. The number of anilines is 1. The third kappa shape index (κ3) is 4.39. The van der Waals surface area contributed by atoms with Gasteiger partial charge < -0.3 is 29.9 Å². The molecule has 4 aliphatic heterocycles. The van der Waals surface area contributed by atoms with E-state index in [2.05, 4.69) is 10.6 Å². The van der Waals surface area contributed by atoms with Gasteiger partial charge in [0.15, 0.2) is 5.78 Å². The van der Waals surface area contributed by atoms with E-state index >= 15 is 0 Å². The number of rotatable bonds is 5. The Bertz CT molecular complexity index is 1350. The number of allylic oxidation sites excluding steroid dienone is 1. The first-order chi connectivity index (χ1) is 18.0. The van der Waals surface area contributed by atoms with Gasteiger partial charge in [0, 0.05) is 43.0 Å². The molecule has 0 bridgehead atoms. The number of amides is 1. The number of hydrogen-bond acceptors (Lipinski definition) is 7. The molecular weight excluding hydrogens is 482 g/mol. The quantitative estimate of drug-likeness (QED) is 0.645. The van der Waals surface area contributed by atoms with Crippen molar-refractivity contribution < 1.29 is 27.8 Å². The summed E-state index contributed by atoms with van der Waals surface area (Å²) < 4.78 is 39.7. The lowest BCUT2D eigenvalue weighted by Crippen LogP contribution is -2.51. The third-order valence-electron chi connectivity index (χ3n) is 6.72. The number of hydrogen-bond donors (Lipinski definition) is 2. The number of benzene rings is 2. The van der Waals surface area contributed by atoms with Gasteiger partial charge in [-0.2, -0.15) is 0 Å². The molecule has 2 aromatic rings. The van der Waals surface area contributed by atoms with Crippen molar-refractivity contribution in [3.05, 3.63) is 89.5 Å². The van der Waals surface area contributed by atoms with Crippen LogP contribution in [-0.4, -0.2) is 60.5 Å². The van der Waals surface area contributed by atoms with Crippen LogP contribution >= 0.6 is 0 Å². The van der Waals surface area contributed by atoms with Crippen molar-refractivity contribution in [2.24, 2.45) is 5.92 Å². The first-order valence-corrected chi connectivity index (χ1v) is 12.0. The van der Waals surface area contributed by atoms with E-state index in [0.29, 0.717) is 31.1 Å². The number of fused-ring (bicyclic) bond motifs is 2. The largest absolute Gasteiger partial charge is 0.491 e. The molecule has 1 saturated heterocycles. The standard InChI is InChI=1S/C27H24F2N4O4/c28-18-3-1-17(2-4-18)26-23(5-6-25-30-7-8-33(25)26)36-14-16-12-32(13-16)27(35)20-9-22-24(10-21(20)29)37-15-19(34)11-31-22/h1-10,16,25,30-31H,11-15H2. The summed E-state index contributed by atoms with van der Waals surface area (Å²) >= 11 is 0. The predicted molar refractivity (Wildman–Crippen MR) is 131 cm³/mol. The number of Topliss-reactive ketones (excluding diaryl/α,β-unsaturated/α-hetero) is 1. The zero-order valence-electron chi connectivity index (χ0n) is 19.7. The van der Waals surface area contributed by atoms with Crippen LogP contribution in [-0.2, 0) is 9.53 Å². The molecule has 10 heteroatoms. The Hall–Kier alpha value is -4.34. The van der Waals surface area contributed by atoms with Crippen LogP contribution in [0.15, 0.2) is 66.7 Å². The molecule has 0 aromatic heterocycles. The molecular formula is C27H24F2N4O4. The summed E-state index contributed by atoms with van der Waals surface area (Å²) in [6, 6.07) is 8.79. The lowest BCUT2D eigenvalue weighted by Gasteiger charge is -2.39. The van der Waals surface area contributed by atoms with Gasteiger partial charge in [-0.25, -0.2) is 8.78 Å². The zero-order valence-corrected chi connectivity index (χ0v) is 19.7. The highest BCUT2D eigenvalue weighted by atomic mass is 19.1. The molecule has 1 unspecified atom stereocenters. The molecule has 8 nitrogen and oxygen atoms in total. The number of carbonyl (C=O) groups is 2. The average molecular weight is 507 g/mol. The highest BCUT2D eigenvalue weighted by Crippen LogP contribution is 2.34. The predicted octanol–water partition coefficient (Wildman–Crippen LogP) is 3.07. The highest BCUT2D eigenvalue weighted by Gasteiger charge is 2.35. The van der Waals surface area contributed by atoms with E-state index in [1.165, 1.54) is 18.2 Å². The first kappa shape index (κ1) is 23.1. The number of ether oxygens (including phenoxy) is 2. The zero-order chi connectivity index (χ0) is 25.5. The summed E-state index contributed by atoms with van der Waals surface area (Å²) in [5, 5.41) is 6.13. The monoisotopic (exact) mass is 506 g/mol. The van der Waals surface area contributed by atoms with E-state index in [9.17, 15) is 18.4 Å². The Morgan fingerprint density at radius 3 is 2.78 bits per heavy atom. The number of carbonyl (C=O) groups excluding carboxylic acids is 2. The fourth-order valence-corrected chi connectivity index (χ4v) is 4.76. The molecule has 37 heavy (non-hydrogen) atoms. The SMILES string of the molecule is O=C1CNc2cc(C(=O)N3CC(COC4=C(c5ccc(F)cc5)N5C=CNC5C=C4)C3)c(F)cc2OC1. The summed E-state index contributed by atoms with van der Waals surface area (Å²) in [6.07, 6.45) is 7.58. The van der Waals surface area contributed by atoms with Gasteiger partial charge in [-0.15, -0.1) is 0 Å². The molecule has 4 aliphatic rings. The number of nitrogens with zero attached hydrogens (tertiary/aromatic N) is 2. The molecule has 0 spiro atoms. The van der Waals surface area contributed by atoms with Crippen LogP contribution in [0.5, 0.6) is 5.75 Å². The molecule has 0 aliphatic carbocycles. The number of nitrogens with one attached hydrogen (secondary N) is 2. The summed E-state index contributed by atoms with van der Waals surface area (Å²) in [5.74, 6) is -0.645. The lowest BCUT2D eigenvalue weighted by molar-refractivity contribution is -0.119. The Labute approximate surface area is 211 Å². The summed E-state index contributed by atoms with van der Waals surface area (Å²) in [6.45, 7) is 1.14. The minimum atomic E-state index is -0.692. The average Bonchev–Trinajstić information content (AvgIpc) is 3.27. The molecule has 1 fully saturated rings. The van der Waals surface area contributed by atoms with Crippen LogP contribution in [0.3, 0.4) is 0 Å². The maximum Gasteiger partial charge on any atom is 0.256 e. The summed E-state index contributed by atoms with van der Waals surface area (Å²) in [4.78, 5) is 28.1. The van der Waals surface area contributed by atoms with E-state index in [-0.39, 0.29) is 48.1 Å². The van der Waals surface area contributed by atoms with E-state index in [4.69, 9.17) is 9.47 Å². The fraction of sp³-hybridized carbons (Fsp3) is 0.259. The van der Waals surface area contributed by atoms with Crippen molar-refractivity contribution in [3.8, 4) is 5.75 Å². The second kappa shape index (κ2) is 9.27. The molecule has 0 saturated carbocycles. The van der Waals surface area contributed by atoms with Gasteiger partial charge in [0.25, 0.3) is 5.91 Å². The van der Waals surface area contributed by atoms with Gasteiger partial charge in [-0.1, -0.05) is 0 Å². The summed E-state index contributed by atoms with van der Waals surface area (Å²) in [5.41, 5.74) is 1.99. The Kier molecular flexibility index (Phi) is 5.78. The van der Waals surface area contributed by atoms with Crippen LogP contribution in [0.25, 0.3) is 5.70 Å². The highest BCUT2D eigenvalue weighted by molar-refractivity contribution is 5.97. The van der Waals surface area contributed by atoms with Gasteiger partial charge in [-0.3, -0.25) is 9.59 Å². The van der Waals surface area contributed by atoms with Crippen molar-refractivity contribution in [2.45, 2.75) is 6.17 Å². The number of likely N-dealkylation sites (tertiary alicyclic amines) is 1. The summed E-state index contributed by atoms with van der Waals surface area (Å²) in [7, 11) is 0. The Morgan fingerprint density at radius 2 is 1.97 bits per heavy atom. The number of ketones is 1. The van der Waals surface area contributed by atoms with E-state index in [1.807, 2.05) is 29.5 Å². The second-order valence-electron chi connectivity index (χ2n) is 9.31. The van der Waals surface area contributed by atoms with Gasteiger partial charge in [0.05, 0.1) is 30.1 Å². The maximum absolute atomic E-state index is 14.7. The van der Waals surface area contributed by atoms with Crippen LogP contribution in [0.4, 0.5) is 14.5 Å². The van der Waals surface area contributed by atoms with Gasteiger partial charge >= 0.3 is 0 Å². The second-order valence-corrected chi connectivity index (χ2v) is 9.31. The molecule has 2 aromatic carbocycles. The van der Waals surface area contributed by atoms with Crippen LogP contribution in [0.2, 0.25) is 0 Å². The van der Waals surface area contributed by atoms with Crippen molar-refractivity contribution in [2.75, 3.05) is 38.2 Å². The van der Waals surface area contributed by atoms with Crippen molar-refractivity contribution in [1.29, 1.82) is 0 Å². The van der Waals surface area contributed by atoms with Crippen molar-refractivity contribution in [3.63, 3.8) is 0 Å². The molecule has 1 amide bonds. The first-order valence-electron chi connectivity index (χ1n) is 12.0. The van der Waals surface area contributed by atoms with E-state index in [1.54, 1.807) is 17.0 Å². The molecule has 190 valence electrons. The van der Waals surface area contributed by atoms with E-state index in [0.717, 1.165) is 17.3 Å². The van der Waals surface area contributed by atoms with Gasteiger partial charge in [0.1, 0.15) is 35.9 Å². The fourth-order valence-electron chi connectivity index (χ4n) is 4.76. The van der Waals surface area contributed by atoms with Crippen molar-refractivity contribution >= 4 is 23.1 Å².